The summed E-state index contributed by atoms with van der Waals surface area (Å²) >= 11 is 0. The Morgan fingerprint density at radius 2 is 2.13 bits per heavy atom. The number of H-pyrrole nitrogens is 1. The van der Waals surface area contributed by atoms with Crippen LogP contribution in [0.15, 0.2) is 24.8 Å². The molecule has 6 heteroatoms. The molecule has 4 heterocycles. The first-order valence-corrected chi connectivity index (χ1v) is 8.17. The molecule has 0 bridgehead atoms. The molecule has 6 nitrogen and oxygen atoms in total. The molecule has 0 radical (unpaired) electrons. The summed E-state index contributed by atoms with van der Waals surface area (Å²) in [5.74, 6) is 0.902. The maximum atomic E-state index is 12.3. The average Bonchev–Trinajstić information content (AvgIpc) is 3.12. The molecular weight excluding hydrogens is 290 g/mol. The van der Waals surface area contributed by atoms with Gasteiger partial charge in [-0.2, -0.15) is 0 Å². The van der Waals surface area contributed by atoms with Gasteiger partial charge in [-0.15, -0.1) is 0 Å². The number of carbonyl (C=O) groups is 1. The number of hydrogen-bond acceptors (Lipinski definition) is 4. The number of likely N-dealkylation sites (tertiary alicyclic amines) is 1. The second-order valence-corrected chi connectivity index (χ2v) is 6.56. The van der Waals surface area contributed by atoms with Gasteiger partial charge >= 0.3 is 0 Å². The third-order valence-electron chi connectivity index (χ3n) is 5.03. The highest BCUT2D eigenvalue weighted by Gasteiger charge is 2.37. The molecule has 3 aromatic heterocycles. The molecule has 23 heavy (non-hydrogen) atoms. The van der Waals surface area contributed by atoms with Crippen molar-refractivity contribution < 1.29 is 4.79 Å². The quantitative estimate of drug-likeness (QED) is 0.788. The Morgan fingerprint density at radius 3 is 3.00 bits per heavy atom. The Balaban J connectivity index is 1.57. The van der Waals surface area contributed by atoms with Gasteiger partial charge in [0.25, 0.3) is 0 Å². The van der Waals surface area contributed by atoms with Crippen LogP contribution in [0.5, 0.6) is 0 Å². The molecule has 1 amide bonds. The predicted octanol–water partition coefficient (Wildman–Crippen LogP) is 2.23. The van der Waals surface area contributed by atoms with Crippen molar-refractivity contribution in [3.63, 3.8) is 0 Å². The summed E-state index contributed by atoms with van der Waals surface area (Å²) in [6, 6.07) is 2.03. The first kappa shape index (κ1) is 13.0. The fraction of sp³-hybridized carbons (Fsp3) is 0.412. The van der Waals surface area contributed by atoms with Crippen LogP contribution in [0, 0.1) is 5.92 Å². The summed E-state index contributed by atoms with van der Waals surface area (Å²) < 4.78 is 0. The van der Waals surface area contributed by atoms with E-state index in [1.165, 1.54) is 0 Å². The van der Waals surface area contributed by atoms with E-state index in [-0.39, 0.29) is 11.8 Å². The maximum Gasteiger partial charge on any atom is 0.225 e. The number of carbonyl (C=O) groups excluding carboxylic acids is 1. The Morgan fingerprint density at radius 1 is 1.22 bits per heavy atom. The number of amides is 1. The second kappa shape index (κ2) is 4.75. The molecule has 1 unspecified atom stereocenters. The summed E-state index contributed by atoms with van der Waals surface area (Å²) in [7, 11) is 0. The zero-order valence-electron chi connectivity index (χ0n) is 12.7. The van der Waals surface area contributed by atoms with Crippen molar-refractivity contribution >= 4 is 27.8 Å². The van der Waals surface area contributed by atoms with Gasteiger partial charge in [0, 0.05) is 41.9 Å². The van der Waals surface area contributed by atoms with Gasteiger partial charge in [0.15, 0.2) is 0 Å². The lowest BCUT2D eigenvalue weighted by atomic mass is 9.99. The number of nitrogens with one attached hydrogen (secondary N) is 1. The number of fused-ring (bicyclic) bond motifs is 3. The maximum absolute atomic E-state index is 12.3. The Labute approximate surface area is 132 Å². The number of aromatic amines is 1. The number of rotatable bonds is 2. The van der Waals surface area contributed by atoms with Gasteiger partial charge in [-0.25, -0.2) is 15.0 Å². The number of hydrogen-bond donors (Lipinski definition) is 1. The van der Waals surface area contributed by atoms with Crippen molar-refractivity contribution in [1.82, 2.24) is 24.8 Å². The minimum absolute atomic E-state index is 0.281. The van der Waals surface area contributed by atoms with Gasteiger partial charge in [-0.05, 0) is 25.3 Å². The molecule has 1 atom stereocenters. The van der Waals surface area contributed by atoms with Crippen LogP contribution in [0.1, 0.15) is 30.9 Å². The van der Waals surface area contributed by atoms with Crippen molar-refractivity contribution in [2.45, 2.75) is 25.2 Å². The minimum atomic E-state index is 0.281. The Kier molecular flexibility index (Phi) is 2.68. The highest BCUT2D eigenvalue weighted by molar-refractivity contribution is 6.04. The van der Waals surface area contributed by atoms with E-state index in [4.69, 9.17) is 0 Å². The van der Waals surface area contributed by atoms with E-state index in [1.807, 2.05) is 17.2 Å². The van der Waals surface area contributed by atoms with Crippen LogP contribution in [0.2, 0.25) is 0 Å². The first-order chi connectivity index (χ1) is 11.3. The summed E-state index contributed by atoms with van der Waals surface area (Å²) in [5, 5.41) is 2.13. The van der Waals surface area contributed by atoms with Gasteiger partial charge in [0.05, 0.1) is 17.4 Å². The lowest BCUT2D eigenvalue weighted by Crippen LogP contribution is -2.29. The van der Waals surface area contributed by atoms with Crippen molar-refractivity contribution in [3.8, 4) is 0 Å². The zero-order valence-corrected chi connectivity index (χ0v) is 12.7. The van der Waals surface area contributed by atoms with E-state index in [0.29, 0.717) is 5.91 Å². The van der Waals surface area contributed by atoms with Crippen LogP contribution in [0.25, 0.3) is 21.9 Å². The average molecular weight is 307 g/mol. The fourth-order valence-corrected chi connectivity index (χ4v) is 3.66. The van der Waals surface area contributed by atoms with Gasteiger partial charge in [0.2, 0.25) is 5.91 Å². The highest BCUT2D eigenvalue weighted by Crippen LogP contribution is 2.37. The normalized spacial score (nSPS) is 21.4. The van der Waals surface area contributed by atoms with E-state index < -0.39 is 0 Å². The molecule has 0 spiro atoms. The zero-order chi connectivity index (χ0) is 15.4. The van der Waals surface area contributed by atoms with E-state index in [2.05, 4.69) is 19.9 Å². The molecule has 116 valence electrons. The number of aromatic nitrogens is 4. The van der Waals surface area contributed by atoms with Crippen molar-refractivity contribution in [2.75, 3.05) is 13.1 Å². The standard InChI is InChI=1S/C17H17N5O/c23-17(10-1-2-10)22-6-4-11(8-22)15-14-12-3-5-18-16(12)19-7-13(14)20-9-21-15/h3,5,7,9-11H,1-2,4,6,8H2,(H,18,19). The van der Waals surface area contributed by atoms with E-state index in [1.54, 1.807) is 12.5 Å². The van der Waals surface area contributed by atoms with Crippen molar-refractivity contribution in [1.29, 1.82) is 0 Å². The SMILES string of the molecule is O=C(C1CC1)N1CCC(c2ncnc3cnc4[nH]ccc4c23)C1. The molecule has 2 fully saturated rings. The van der Waals surface area contributed by atoms with Gasteiger partial charge in [-0.1, -0.05) is 0 Å². The van der Waals surface area contributed by atoms with Crippen LogP contribution < -0.4 is 0 Å². The third kappa shape index (κ3) is 2.01. The molecular formula is C17H17N5O. The summed E-state index contributed by atoms with van der Waals surface area (Å²) in [6.07, 6.45) is 8.40. The van der Waals surface area contributed by atoms with Crippen LogP contribution in [-0.2, 0) is 4.79 Å². The van der Waals surface area contributed by atoms with Gasteiger partial charge in [-0.3, -0.25) is 4.79 Å². The first-order valence-electron chi connectivity index (χ1n) is 8.17. The van der Waals surface area contributed by atoms with Crippen LogP contribution in [0.4, 0.5) is 0 Å². The highest BCUT2D eigenvalue weighted by atomic mass is 16.2. The molecule has 1 saturated heterocycles. The lowest BCUT2D eigenvalue weighted by Gasteiger charge is -2.16. The molecule has 3 aromatic rings. The van der Waals surface area contributed by atoms with E-state index in [9.17, 15) is 4.79 Å². The van der Waals surface area contributed by atoms with Crippen molar-refractivity contribution in [3.05, 3.63) is 30.5 Å². The minimum Gasteiger partial charge on any atom is -0.346 e. The molecule has 5 rings (SSSR count). The molecule has 1 N–H and O–H groups in total. The monoisotopic (exact) mass is 307 g/mol. The molecule has 1 aliphatic carbocycles. The Bertz CT molecular complexity index is 914. The van der Waals surface area contributed by atoms with Crippen molar-refractivity contribution in [2.24, 2.45) is 5.92 Å². The van der Waals surface area contributed by atoms with E-state index in [0.717, 1.165) is 60.0 Å². The van der Waals surface area contributed by atoms with Gasteiger partial charge < -0.3 is 9.88 Å². The predicted molar refractivity (Wildman–Crippen MR) is 85.9 cm³/mol. The van der Waals surface area contributed by atoms with Crippen LogP contribution in [-0.4, -0.2) is 43.8 Å². The molecule has 0 aromatic carbocycles. The third-order valence-corrected chi connectivity index (χ3v) is 5.03. The smallest absolute Gasteiger partial charge is 0.225 e. The summed E-state index contributed by atoms with van der Waals surface area (Å²) in [5.41, 5.74) is 2.78. The number of pyridine rings is 1. The number of nitrogens with zero attached hydrogens (tertiary/aromatic N) is 4. The molecule has 2 aliphatic rings. The fourth-order valence-electron chi connectivity index (χ4n) is 3.66. The summed E-state index contributed by atoms with van der Waals surface area (Å²) in [6.45, 7) is 1.61. The van der Waals surface area contributed by atoms with Gasteiger partial charge in [0.1, 0.15) is 12.0 Å². The molecule has 1 saturated carbocycles. The lowest BCUT2D eigenvalue weighted by molar-refractivity contribution is -0.131. The van der Waals surface area contributed by atoms with E-state index >= 15 is 0 Å². The topological polar surface area (TPSA) is 74.8 Å². The largest absolute Gasteiger partial charge is 0.346 e. The Hall–Kier alpha value is -2.50. The van der Waals surface area contributed by atoms with Crippen LogP contribution >= 0.6 is 0 Å². The molecule has 1 aliphatic heterocycles. The second-order valence-electron chi connectivity index (χ2n) is 6.56. The van der Waals surface area contributed by atoms with Crippen LogP contribution in [0.3, 0.4) is 0 Å². The summed E-state index contributed by atoms with van der Waals surface area (Å²) in [4.78, 5) is 30.8.